The molecule has 0 aliphatic carbocycles. The Balaban J connectivity index is 1.19. The van der Waals surface area contributed by atoms with Crippen LogP contribution in [0.15, 0.2) is 48.6 Å². The van der Waals surface area contributed by atoms with Crippen molar-refractivity contribution in [3.05, 3.63) is 54.1 Å². The van der Waals surface area contributed by atoms with Crippen LogP contribution in [-0.4, -0.2) is 23.3 Å². The Hall–Kier alpha value is -1.87. The summed E-state index contributed by atoms with van der Waals surface area (Å²) >= 11 is 0. The molecule has 2 fully saturated rings. The van der Waals surface area contributed by atoms with Gasteiger partial charge in [-0.1, -0.05) is 86.7 Å². The zero-order valence-electron chi connectivity index (χ0n) is 18.1. The maximum atomic E-state index is 11.5. The van der Waals surface area contributed by atoms with Crippen LogP contribution in [-0.2, 0) is 14.3 Å². The molecule has 0 amide bonds. The van der Waals surface area contributed by atoms with Gasteiger partial charge in [0.2, 0.25) is 0 Å². The van der Waals surface area contributed by atoms with E-state index in [0.29, 0.717) is 6.42 Å². The summed E-state index contributed by atoms with van der Waals surface area (Å²) in [5, 5.41) is 0. The Labute approximate surface area is 176 Å². The minimum atomic E-state index is -0.393. The number of fused-ring (bicyclic) bond motifs is 1. The third-order valence-corrected chi connectivity index (χ3v) is 6.19. The number of benzene rings is 1. The lowest BCUT2D eigenvalue weighted by molar-refractivity contribution is -0.147. The van der Waals surface area contributed by atoms with E-state index in [2.05, 4.69) is 55.5 Å². The second-order valence-corrected chi connectivity index (χ2v) is 9.08. The molecule has 1 aromatic carbocycles. The van der Waals surface area contributed by atoms with Gasteiger partial charge < -0.3 is 9.47 Å². The predicted molar refractivity (Wildman–Crippen MR) is 119 cm³/mol. The summed E-state index contributed by atoms with van der Waals surface area (Å²) in [6, 6.07) is 10.4. The molecular weight excluding hydrogens is 360 g/mol. The van der Waals surface area contributed by atoms with Crippen molar-refractivity contribution in [2.75, 3.05) is 0 Å². The lowest BCUT2D eigenvalue weighted by Crippen LogP contribution is -2.31. The number of ether oxygens (including phenoxy) is 2. The number of allylic oxidation sites excluding steroid dienone is 3. The van der Waals surface area contributed by atoms with Crippen LogP contribution in [0.3, 0.4) is 0 Å². The van der Waals surface area contributed by atoms with E-state index in [0.717, 1.165) is 19.3 Å². The summed E-state index contributed by atoms with van der Waals surface area (Å²) in [5.41, 5.74) is 0.723. The molecule has 0 aromatic heterocycles. The summed E-state index contributed by atoms with van der Waals surface area (Å²) in [7, 11) is 0. The van der Waals surface area contributed by atoms with Gasteiger partial charge in [-0.05, 0) is 38.7 Å². The van der Waals surface area contributed by atoms with Crippen molar-refractivity contribution < 1.29 is 14.3 Å². The van der Waals surface area contributed by atoms with Gasteiger partial charge in [0.15, 0.2) is 0 Å². The smallest absolute Gasteiger partial charge is 0.309 e. The zero-order valence-corrected chi connectivity index (χ0v) is 18.1. The fourth-order valence-corrected chi connectivity index (χ4v) is 4.70. The molecule has 0 bridgehead atoms. The topological polar surface area (TPSA) is 35.5 Å². The first kappa shape index (κ1) is 21.8. The largest absolute Gasteiger partial charge is 0.456 e. The number of rotatable bonds is 11. The van der Waals surface area contributed by atoms with Gasteiger partial charge in [0.1, 0.15) is 11.7 Å². The van der Waals surface area contributed by atoms with E-state index in [1.54, 1.807) is 0 Å². The van der Waals surface area contributed by atoms with E-state index in [9.17, 15) is 4.79 Å². The average molecular weight is 397 g/mol. The third kappa shape index (κ3) is 6.57. The van der Waals surface area contributed by atoms with Gasteiger partial charge in [-0.15, -0.1) is 0 Å². The molecule has 29 heavy (non-hydrogen) atoms. The minimum absolute atomic E-state index is 0.0457. The van der Waals surface area contributed by atoms with Crippen LogP contribution in [0.2, 0.25) is 0 Å². The van der Waals surface area contributed by atoms with Gasteiger partial charge in [-0.2, -0.15) is 0 Å². The molecule has 0 spiro atoms. The Kier molecular flexibility index (Phi) is 7.71. The van der Waals surface area contributed by atoms with E-state index in [1.165, 1.54) is 44.1 Å². The first-order chi connectivity index (χ1) is 14.0. The molecule has 2 saturated heterocycles. The molecule has 2 aliphatic rings. The Morgan fingerprint density at radius 3 is 2.48 bits per heavy atom. The molecule has 0 saturated carbocycles. The summed E-state index contributed by atoms with van der Waals surface area (Å²) in [6.07, 6.45) is 19.7. The van der Waals surface area contributed by atoms with Crippen LogP contribution in [0.5, 0.6) is 0 Å². The zero-order chi connectivity index (χ0) is 20.6. The normalized spacial score (nSPS) is 29.0. The van der Waals surface area contributed by atoms with Gasteiger partial charge in [0, 0.05) is 6.42 Å². The number of hydrogen-bond acceptors (Lipinski definition) is 3. The third-order valence-electron chi connectivity index (χ3n) is 6.19. The second kappa shape index (κ2) is 10.2. The van der Waals surface area contributed by atoms with Crippen molar-refractivity contribution in [3.8, 4) is 0 Å². The van der Waals surface area contributed by atoms with E-state index < -0.39 is 5.60 Å². The average Bonchev–Trinajstić information content (AvgIpc) is 3.08. The van der Waals surface area contributed by atoms with Gasteiger partial charge in [-0.25, -0.2) is 0 Å². The fraction of sp³-hybridized carbons (Fsp3) is 0.577. The van der Waals surface area contributed by atoms with E-state index in [-0.39, 0.29) is 17.7 Å². The fourth-order valence-electron chi connectivity index (χ4n) is 4.70. The van der Waals surface area contributed by atoms with Gasteiger partial charge >= 0.3 is 5.97 Å². The molecule has 3 atom stereocenters. The number of carbonyl (C=O) groups excluding carboxylic acids is 1. The predicted octanol–water partition coefficient (Wildman–Crippen LogP) is 6.63. The van der Waals surface area contributed by atoms with Gasteiger partial charge in [-0.3, -0.25) is 4.79 Å². The first-order valence-corrected chi connectivity index (χ1v) is 11.3. The minimum Gasteiger partial charge on any atom is -0.456 e. The number of hydrogen-bond donors (Lipinski definition) is 0. The Bertz CT molecular complexity index is 708. The number of esters is 1. The molecule has 3 rings (SSSR count). The van der Waals surface area contributed by atoms with Crippen LogP contribution in [0, 0.1) is 0 Å². The first-order valence-electron chi connectivity index (χ1n) is 11.3. The van der Waals surface area contributed by atoms with E-state index in [4.69, 9.17) is 9.47 Å². The monoisotopic (exact) mass is 396 g/mol. The van der Waals surface area contributed by atoms with Gasteiger partial charge in [0.05, 0.1) is 12.0 Å². The molecule has 1 aromatic rings. The van der Waals surface area contributed by atoms with Crippen molar-refractivity contribution in [2.24, 2.45) is 0 Å². The molecular formula is C26H36O3. The summed E-state index contributed by atoms with van der Waals surface area (Å²) in [5.74, 6) is -0.110. The molecule has 0 N–H and O–H groups in total. The highest BCUT2D eigenvalue weighted by Gasteiger charge is 2.57. The highest BCUT2D eigenvalue weighted by Crippen LogP contribution is 2.47. The Morgan fingerprint density at radius 2 is 1.72 bits per heavy atom. The maximum Gasteiger partial charge on any atom is 0.309 e. The second-order valence-electron chi connectivity index (χ2n) is 9.08. The number of carbonyl (C=O) groups is 1. The van der Waals surface area contributed by atoms with Gasteiger partial charge in [0.25, 0.3) is 0 Å². The highest BCUT2D eigenvalue weighted by atomic mass is 16.6. The molecule has 2 heterocycles. The Morgan fingerprint density at radius 1 is 1.00 bits per heavy atom. The lowest BCUT2D eigenvalue weighted by Gasteiger charge is -2.25. The van der Waals surface area contributed by atoms with Crippen molar-refractivity contribution in [2.45, 2.75) is 95.4 Å². The standard InChI is InChI=1S/C26H36O3/c1-25(21-26(2)23(28-25)20-24(27)29-26)19-15-10-8-6-4-3-5-7-9-12-16-22-17-13-11-14-18-22/h7,9,11-14,16-18,23H,3-6,8,10,15,19-21H2,1-2H3/t23-,25-,26-/m0/s1. The molecule has 3 heteroatoms. The number of unbranched alkanes of at least 4 members (excludes halogenated alkanes) is 6. The van der Waals surface area contributed by atoms with Crippen LogP contribution in [0.1, 0.15) is 83.6 Å². The summed E-state index contributed by atoms with van der Waals surface area (Å²) in [4.78, 5) is 11.5. The quantitative estimate of drug-likeness (QED) is 0.239. The van der Waals surface area contributed by atoms with E-state index >= 15 is 0 Å². The SMILES string of the molecule is C[C@]1(CCCCCCCCC=CC=Cc2ccccc2)C[C@]2(C)OC(=O)C[C@@H]2O1. The maximum absolute atomic E-state index is 11.5. The van der Waals surface area contributed by atoms with Crippen LogP contribution in [0.25, 0.3) is 6.08 Å². The van der Waals surface area contributed by atoms with Crippen LogP contribution in [0.4, 0.5) is 0 Å². The molecule has 0 radical (unpaired) electrons. The van der Waals surface area contributed by atoms with Crippen molar-refractivity contribution in [1.29, 1.82) is 0 Å². The van der Waals surface area contributed by atoms with Crippen molar-refractivity contribution in [3.63, 3.8) is 0 Å². The van der Waals surface area contributed by atoms with Crippen LogP contribution < -0.4 is 0 Å². The highest BCUT2D eigenvalue weighted by molar-refractivity contribution is 5.73. The van der Waals surface area contributed by atoms with Crippen molar-refractivity contribution >= 4 is 12.0 Å². The van der Waals surface area contributed by atoms with Crippen molar-refractivity contribution in [1.82, 2.24) is 0 Å². The lowest BCUT2D eigenvalue weighted by atomic mass is 9.87. The summed E-state index contributed by atoms with van der Waals surface area (Å²) < 4.78 is 11.7. The molecule has 158 valence electrons. The molecule has 0 unspecified atom stereocenters. The van der Waals surface area contributed by atoms with Crippen LogP contribution >= 0.6 is 0 Å². The van der Waals surface area contributed by atoms with E-state index in [1.807, 2.05) is 13.0 Å². The summed E-state index contributed by atoms with van der Waals surface area (Å²) in [6.45, 7) is 4.21. The molecule has 2 aliphatic heterocycles. The molecule has 3 nitrogen and oxygen atoms in total.